The molecule has 4 spiro atoms. The topological polar surface area (TPSA) is 199 Å². The average molecular weight is 1800 g/mol. The first kappa shape index (κ1) is 102. The maximum absolute atomic E-state index is 10.6. The van der Waals surface area contributed by atoms with E-state index in [0.29, 0.717) is 105 Å². The molecule has 16 fully saturated rings. The Labute approximate surface area is 791 Å². The second-order valence-corrected chi connectivity index (χ2v) is 48.6. The molecular formula is C118H188O12. The fraction of sp³-hybridized carbons (Fsp3) is 0.814. The maximum Gasteiger partial charge on any atom is 0.119 e. The van der Waals surface area contributed by atoms with Gasteiger partial charge in [-0.2, -0.15) is 0 Å². The number of benzene rings is 1. The van der Waals surface area contributed by atoms with Gasteiger partial charge in [0, 0.05) is 41.5 Å². The number of allylic oxidation sites excluding steroid dienone is 12. The molecule has 12 heteroatoms. The Hall–Kier alpha value is -3.50. The highest BCUT2D eigenvalue weighted by Crippen LogP contribution is 2.66. The first-order valence-corrected chi connectivity index (χ1v) is 54.7. The summed E-state index contributed by atoms with van der Waals surface area (Å²) in [5, 5.41) is 84.6. The van der Waals surface area contributed by atoms with Crippen molar-refractivity contribution in [3.63, 3.8) is 0 Å². The standard InChI is InChI=1S/C32H46O3.C30H50O3.C29H48O3.C27H44O3/c1-21(2)25-7-5-9-26(19-25)35-20-22(3)27-12-13-28-24(8-6-14-31(27,28)4)11-10-23-17-29(33)32(15-16-32)30(34)18-23;1-5-22(6-2)9-8-18-33-21(3)25-13-14-26-24(10-7-15-29(25,26)4)12-11-23-19-27(31)30(16-17-30)28(32)20-23;1-5-21(6-2)13-17-32-20(3)24-11-12-25-23(8-7-14-28(24,25)4)10-9-22-18-26(30)29(15-16-29)27(31)19-22;1-18(2)11-15-30-19(3)22-9-10-23-21(6-5-12-26(22,23)4)8-7-20-16-24(28)27(13-14-27)25(29)17-20/h5,7,9-11,19,21-22,27-30,33-34H,6,8,12-18,20H2,1-4H3;11-12,21-22,25-28,31-32H,5-10,13-20H2,1-4H3;9-10,20-21,24-27,30-31H,5-8,11-19H2,1-4H3;7-8,18-19,22-25,28-29H,5-6,9-17H2,1-4H3/b24-11+;24-12+;23-10+;21-8+/t22-,27?,28?,29+,30+,31?;21-,25?,26?,27-,28-,29?;20-,24?,25?,26-,27-,28?;19-,22?,23?,24-,25-,26?/m0111/s1. The molecule has 0 radical (unpaired) electrons. The molecule has 16 aliphatic rings. The van der Waals surface area contributed by atoms with E-state index >= 15 is 0 Å². The number of aliphatic hydroxyl groups excluding tert-OH is 8. The maximum atomic E-state index is 10.6. The van der Waals surface area contributed by atoms with Crippen LogP contribution < -0.4 is 4.74 Å². The summed E-state index contributed by atoms with van der Waals surface area (Å²) >= 11 is 0. The van der Waals surface area contributed by atoms with E-state index in [0.717, 1.165) is 153 Å². The first-order chi connectivity index (χ1) is 62.2. The molecule has 0 saturated heterocycles. The van der Waals surface area contributed by atoms with Crippen LogP contribution in [0.4, 0.5) is 0 Å². The summed E-state index contributed by atoms with van der Waals surface area (Å²) in [6.45, 7) is 41.2. The Bertz CT molecular complexity index is 4020. The van der Waals surface area contributed by atoms with E-state index in [-0.39, 0.29) is 70.5 Å². The van der Waals surface area contributed by atoms with E-state index < -0.39 is 0 Å². The second kappa shape index (κ2) is 43.9. The predicted molar refractivity (Wildman–Crippen MR) is 532 cm³/mol. The molecule has 24 atom stereocenters. The van der Waals surface area contributed by atoms with Crippen molar-refractivity contribution in [1.29, 1.82) is 0 Å². The van der Waals surface area contributed by atoms with Gasteiger partial charge in [-0.1, -0.05) is 221 Å². The summed E-state index contributed by atoms with van der Waals surface area (Å²) in [6, 6.07) is 8.60. The van der Waals surface area contributed by atoms with Gasteiger partial charge in [-0.25, -0.2) is 0 Å². The largest absolute Gasteiger partial charge is 0.493 e. The third-order valence-corrected chi connectivity index (χ3v) is 40.4. The summed E-state index contributed by atoms with van der Waals surface area (Å²) in [5.41, 5.74) is 13.4. The van der Waals surface area contributed by atoms with Crippen molar-refractivity contribution in [3.8, 4) is 5.75 Å². The van der Waals surface area contributed by atoms with Crippen molar-refractivity contribution in [3.05, 3.63) is 123 Å². The van der Waals surface area contributed by atoms with Crippen LogP contribution in [0.15, 0.2) is 117 Å². The zero-order chi connectivity index (χ0) is 92.9. The molecule has 8 N–H and O–H groups in total. The Balaban J connectivity index is 0.000000140. The van der Waals surface area contributed by atoms with E-state index in [1.54, 1.807) is 22.3 Å². The second-order valence-electron chi connectivity index (χ2n) is 48.6. The van der Waals surface area contributed by atoms with Gasteiger partial charge >= 0.3 is 0 Å². The minimum absolute atomic E-state index is 0.168. The average Bonchev–Trinajstić information content (AvgIpc) is 1.60. The molecule has 16 aliphatic carbocycles. The van der Waals surface area contributed by atoms with Crippen molar-refractivity contribution in [2.75, 3.05) is 26.4 Å². The van der Waals surface area contributed by atoms with Gasteiger partial charge in [0.2, 0.25) is 0 Å². The molecule has 16 saturated carbocycles. The monoisotopic (exact) mass is 1800 g/mol. The van der Waals surface area contributed by atoms with Crippen LogP contribution in [0.2, 0.25) is 0 Å². The van der Waals surface area contributed by atoms with Crippen molar-refractivity contribution in [1.82, 2.24) is 0 Å². The Kier molecular flexibility index (Phi) is 34.6. The molecule has 0 aromatic heterocycles. The molecule has 0 aliphatic heterocycles. The highest BCUT2D eigenvalue weighted by molar-refractivity contribution is 5.35. The Morgan fingerprint density at radius 2 is 0.638 bits per heavy atom. The number of hydrogen-bond donors (Lipinski definition) is 8. The molecule has 17 rings (SSSR count). The fourth-order valence-corrected chi connectivity index (χ4v) is 30.5. The Morgan fingerprint density at radius 3 is 0.938 bits per heavy atom. The molecule has 130 heavy (non-hydrogen) atoms. The van der Waals surface area contributed by atoms with Crippen molar-refractivity contribution >= 4 is 0 Å². The van der Waals surface area contributed by atoms with Crippen molar-refractivity contribution in [2.45, 2.75) is 466 Å². The number of fused-ring (bicyclic) bond motifs is 4. The molecule has 1 aromatic rings. The van der Waals surface area contributed by atoms with Gasteiger partial charge in [0.15, 0.2) is 0 Å². The van der Waals surface area contributed by atoms with Crippen molar-refractivity contribution < 1.29 is 59.8 Å². The number of rotatable bonds is 29. The van der Waals surface area contributed by atoms with Crippen LogP contribution >= 0.6 is 0 Å². The van der Waals surface area contributed by atoms with Gasteiger partial charge in [0.1, 0.15) is 5.75 Å². The molecule has 1 aromatic carbocycles. The zero-order valence-electron chi connectivity index (χ0n) is 84.9. The fourth-order valence-electron chi connectivity index (χ4n) is 30.5. The number of hydrogen-bond acceptors (Lipinski definition) is 12. The minimum Gasteiger partial charge on any atom is -0.493 e. The third-order valence-electron chi connectivity index (χ3n) is 40.4. The van der Waals surface area contributed by atoms with E-state index in [1.165, 1.54) is 201 Å². The van der Waals surface area contributed by atoms with Crippen LogP contribution in [0, 0.1) is 114 Å². The van der Waals surface area contributed by atoms with Gasteiger partial charge in [-0.3, -0.25) is 0 Å². The first-order valence-electron chi connectivity index (χ1n) is 54.7. The SMILES string of the molecule is CC(C)CCO[C@H](C)C1CCC2/C(=C/C=C3C[C@@H](O)C4(CC4)[C@H](O)C3)CCCC21C.CC(C)c1cccc(OC[C@H](C)C2CCC3/C(=C/C=C4C[C@@H](O)C5(CC5)[C@H](O)C4)CCCC32C)c1.CCC(CC)CCCO[C@H](C)C1CCC2/C(=C/C=C3C[C@@H](O)C4(CC4)[C@H](O)C3)CCCC21C.CCC(CC)CCO[C@H](C)C1CCC2/C(=C/C=C3C[C@@H](O)C4(CC4)[C@H](O)C3)CCCC21C. The van der Waals surface area contributed by atoms with Crippen LogP contribution in [-0.2, 0) is 14.2 Å². The quantitative estimate of drug-likeness (QED) is 0.0354. The lowest BCUT2D eigenvalue weighted by Gasteiger charge is -2.44. The van der Waals surface area contributed by atoms with Crippen LogP contribution in [0.5, 0.6) is 5.75 Å². The Morgan fingerprint density at radius 1 is 0.346 bits per heavy atom. The number of ether oxygens (including phenoxy) is 4. The smallest absolute Gasteiger partial charge is 0.119 e. The van der Waals surface area contributed by atoms with Gasteiger partial charge in [0.25, 0.3) is 0 Å². The molecule has 12 nitrogen and oxygen atoms in total. The minimum atomic E-state index is -0.370. The normalized spacial score (nSPS) is 37.9. The highest BCUT2D eigenvalue weighted by Gasteiger charge is 2.62. The van der Waals surface area contributed by atoms with Gasteiger partial charge in [-0.05, 0) is 394 Å². The van der Waals surface area contributed by atoms with E-state index in [4.69, 9.17) is 18.9 Å². The summed E-state index contributed by atoms with van der Waals surface area (Å²) < 4.78 is 25.5. The van der Waals surface area contributed by atoms with Gasteiger partial charge in [-0.15, -0.1) is 0 Å². The van der Waals surface area contributed by atoms with Crippen molar-refractivity contribution in [2.24, 2.45) is 114 Å². The third kappa shape index (κ3) is 22.5. The van der Waals surface area contributed by atoms with E-state index in [2.05, 4.69) is 184 Å². The lowest BCUT2D eigenvalue weighted by Crippen LogP contribution is -2.39. The predicted octanol–water partition coefficient (Wildman–Crippen LogP) is 26.5. The highest BCUT2D eigenvalue weighted by atomic mass is 16.5. The van der Waals surface area contributed by atoms with Crippen LogP contribution in [0.25, 0.3) is 0 Å². The van der Waals surface area contributed by atoms with E-state index in [1.807, 2.05) is 0 Å². The molecule has 0 heterocycles. The lowest BCUT2D eigenvalue weighted by molar-refractivity contribution is -0.0292. The molecular weight excluding hydrogens is 1610 g/mol. The summed E-state index contributed by atoms with van der Waals surface area (Å²) in [7, 11) is 0. The summed E-state index contributed by atoms with van der Waals surface area (Å²) in [6.07, 6.45) is 65.8. The molecule has 732 valence electrons. The molecule has 0 bridgehead atoms. The lowest BCUT2D eigenvalue weighted by atomic mass is 9.61. The van der Waals surface area contributed by atoms with Gasteiger partial charge < -0.3 is 59.8 Å². The summed E-state index contributed by atoms with van der Waals surface area (Å²) in [4.78, 5) is 0. The van der Waals surface area contributed by atoms with Crippen LogP contribution in [0.3, 0.4) is 0 Å². The van der Waals surface area contributed by atoms with Crippen LogP contribution in [-0.4, -0.2) is 134 Å². The van der Waals surface area contributed by atoms with E-state index in [9.17, 15) is 40.9 Å². The zero-order valence-corrected chi connectivity index (χ0v) is 84.9. The number of aliphatic hydroxyl groups is 8. The molecule has 0 amide bonds. The van der Waals surface area contributed by atoms with Crippen LogP contribution in [0.1, 0.15) is 405 Å². The summed E-state index contributed by atoms with van der Waals surface area (Å²) in [5.74, 6) is 9.70. The van der Waals surface area contributed by atoms with Gasteiger partial charge in [0.05, 0.1) is 73.8 Å². The molecule has 12 unspecified atom stereocenters.